The molecular formula is C10H20ClP. The highest BCUT2D eigenvalue weighted by molar-refractivity contribution is 7.41. The molecule has 0 aromatic heterocycles. The number of hydrogen-bond acceptors (Lipinski definition) is 0. The van der Waals surface area contributed by atoms with Gasteiger partial charge in [-0.15, -0.1) is 20.2 Å². The van der Waals surface area contributed by atoms with Gasteiger partial charge in [-0.25, -0.2) is 0 Å². The van der Waals surface area contributed by atoms with Crippen LogP contribution in [0.2, 0.25) is 0 Å². The molecule has 1 aliphatic rings. The van der Waals surface area contributed by atoms with Crippen molar-refractivity contribution in [3.63, 3.8) is 0 Å². The van der Waals surface area contributed by atoms with Gasteiger partial charge in [-0.2, -0.15) is 0 Å². The molecule has 0 aromatic rings. The summed E-state index contributed by atoms with van der Waals surface area (Å²) in [4.78, 5) is 0. The van der Waals surface area contributed by atoms with E-state index in [2.05, 4.69) is 13.8 Å². The molecule has 0 spiro atoms. The molecule has 0 bridgehead atoms. The van der Waals surface area contributed by atoms with Gasteiger partial charge in [-0.3, -0.25) is 0 Å². The van der Waals surface area contributed by atoms with Crippen molar-refractivity contribution in [2.24, 2.45) is 0 Å². The summed E-state index contributed by atoms with van der Waals surface area (Å²) >= 11 is 5.92. The average Bonchev–Trinajstić information content (AvgIpc) is 2.06. The molecule has 0 aromatic carbocycles. The average molecular weight is 207 g/mol. The minimum atomic E-state index is 0.392. The minimum absolute atomic E-state index is 0.392. The first kappa shape index (κ1) is 10.8. The van der Waals surface area contributed by atoms with E-state index in [9.17, 15) is 0 Å². The van der Waals surface area contributed by atoms with Gasteiger partial charge >= 0.3 is 0 Å². The number of alkyl halides is 1. The van der Waals surface area contributed by atoms with Gasteiger partial charge in [0, 0.05) is 5.88 Å². The Hall–Kier alpha value is 0.720. The van der Waals surface area contributed by atoms with Gasteiger partial charge in [0.05, 0.1) is 0 Å². The van der Waals surface area contributed by atoms with Crippen LogP contribution in [-0.4, -0.2) is 16.7 Å². The fourth-order valence-corrected chi connectivity index (χ4v) is 3.95. The summed E-state index contributed by atoms with van der Waals surface area (Å²) in [6.07, 6.45) is 7.28. The first-order valence-corrected chi connectivity index (χ1v) is 6.59. The predicted octanol–water partition coefficient (Wildman–Crippen LogP) is 4.02. The number of rotatable bonds is 3. The van der Waals surface area contributed by atoms with E-state index in [-0.39, 0.29) is 0 Å². The molecule has 0 N–H and O–H groups in total. The lowest BCUT2D eigenvalue weighted by Gasteiger charge is -2.30. The molecule has 1 atom stereocenters. The summed E-state index contributed by atoms with van der Waals surface area (Å²) in [7, 11) is 1.08. The second-order valence-corrected chi connectivity index (χ2v) is 7.22. The third-order valence-electron chi connectivity index (χ3n) is 2.53. The van der Waals surface area contributed by atoms with E-state index in [1.165, 1.54) is 32.1 Å². The summed E-state index contributed by atoms with van der Waals surface area (Å²) in [6.45, 7) is 4.60. The van der Waals surface area contributed by atoms with E-state index in [1.54, 1.807) is 0 Å². The normalized spacial score (nSPS) is 22.2. The zero-order chi connectivity index (χ0) is 9.03. The smallest absolute Gasteiger partial charge is 0.0311 e. The standard InChI is InChI=1S/C10H20ClP/c1-10(2,8-11)12-9-6-4-3-5-7-9/h9,12H,3-8H2,1-2H3. The van der Waals surface area contributed by atoms with Gasteiger partial charge in [0.25, 0.3) is 0 Å². The molecule has 0 saturated heterocycles. The molecule has 0 heterocycles. The van der Waals surface area contributed by atoms with Crippen molar-refractivity contribution < 1.29 is 0 Å². The van der Waals surface area contributed by atoms with E-state index in [0.717, 1.165) is 20.1 Å². The van der Waals surface area contributed by atoms with Crippen LogP contribution in [-0.2, 0) is 0 Å². The maximum Gasteiger partial charge on any atom is 0.0311 e. The summed E-state index contributed by atoms with van der Waals surface area (Å²) in [5.74, 6) is 0.821. The highest BCUT2D eigenvalue weighted by Crippen LogP contribution is 2.42. The van der Waals surface area contributed by atoms with Crippen LogP contribution >= 0.6 is 20.2 Å². The van der Waals surface area contributed by atoms with Crippen molar-refractivity contribution in [2.45, 2.75) is 56.8 Å². The Morgan fingerprint density at radius 1 is 1.25 bits per heavy atom. The molecule has 1 aliphatic carbocycles. The molecule has 1 rings (SSSR count). The van der Waals surface area contributed by atoms with Crippen LogP contribution in [0.3, 0.4) is 0 Å². The first-order valence-electron chi connectivity index (χ1n) is 4.98. The second-order valence-electron chi connectivity index (χ2n) is 4.50. The number of halogens is 1. The Bertz CT molecular complexity index is 128. The van der Waals surface area contributed by atoms with Gasteiger partial charge < -0.3 is 0 Å². The predicted molar refractivity (Wildman–Crippen MR) is 60.0 cm³/mol. The van der Waals surface area contributed by atoms with E-state index >= 15 is 0 Å². The highest BCUT2D eigenvalue weighted by atomic mass is 35.5. The van der Waals surface area contributed by atoms with Crippen LogP contribution in [0, 0.1) is 0 Å². The topological polar surface area (TPSA) is 0 Å². The molecule has 0 aliphatic heterocycles. The molecule has 1 saturated carbocycles. The molecule has 0 nitrogen and oxygen atoms in total. The van der Waals surface area contributed by atoms with Crippen LogP contribution in [0.1, 0.15) is 46.0 Å². The molecule has 0 radical (unpaired) electrons. The van der Waals surface area contributed by atoms with E-state index < -0.39 is 0 Å². The molecule has 12 heavy (non-hydrogen) atoms. The van der Waals surface area contributed by atoms with Gasteiger partial charge in [-0.1, -0.05) is 33.1 Å². The van der Waals surface area contributed by atoms with E-state index in [0.29, 0.717) is 5.16 Å². The molecule has 0 amide bonds. The lowest BCUT2D eigenvalue weighted by molar-refractivity contribution is 0.509. The maximum absolute atomic E-state index is 5.92. The second kappa shape index (κ2) is 4.82. The van der Waals surface area contributed by atoms with E-state index in [4.69, 9.17) is 11.6 Å². The summed E-state index contributed by atoms with van der Waals surface area (Å²) in [6, 6.07) is 0. The molecule has 1 fully saturated rings. The Kier molecular flexibility index (Phi) is 4.34. The van der Waals surface area contributed by atoms with Gasteiger partial charge in [0.15, 0.2) is 0 Å². The third kappa shape index (κ3) is 3.62. The summed E-state index contributed by atoms with van der Waals surface area (Å²) in [5, 5.41) is 0.392. The Balaban J connectivity index is 2.28. The minimum Gasteiger partial charge on any atom is -0.126 e. The van der Waals surface area contributed by atoms with Crippen LogP contribution in [0.15, 0.2) is 0 Å². The highest BCUT2D eigenvalue weighted by Gasteiger charge is 2.23. The fraction of sp³-hybridized carbons (Fsp3) is 1.00. The monoisotopic (exact) mass is 206 g/mol. The van der Waals surface area contributed by atoms with Gasteiger partial charge in [0.1, 0.15) is 0 Å². The summed E-state index contributed by atoms with van der Waals surface area (Å²) in [5.41, 5.74) is 0.993. The van der Waals surface area contributed by atoms with E-state index in [1.807, 2.05) is 0 Å². The van der Waals surface area contributed by atoms with Crippen LogP contribution in [0.5, 0.6) is 0 Å². The van der Waals surface area contributed by atoms with Crippen molar-refractivity contribution >= 4 is 20.2 Å². The molecule has 72 valence electrons. The lowest BCUT2D eigenvalue weighted by Crippen LogP contribution is -2.20. The van der Waals surface area contributed by atoms with Crippen LogP contribution in [0.25, 0.3) is 0 Å². The Labute approximate surface area is 83.2 Å². The first-order chi connectivity index (χ1) is 5.64. The Morgan fingerprint density at radius 2 is 1.83 bits per heavy atom. The maximum atomic E-state index is 5.92. The van der Waals surface area contributed by atoms with Crippen molar-refractivity contribution in [2.75, 3.05) is 5.88 Å². The largest absolute Gasteiger partial charge is 0.126 e. The molecule has 2 heteroatoms. The molecular weight excluding hydrogens is 187 g/mol. The van der Waals surface area contributed by atoms with Crippen molar-refractivity contribution in [3.8, 4) is 0 Å². The zero-order valence-electron chi connectivity index (χ0n) is 8.20. The fourth-order valence-electron chi connectivity index (χ4n) is 1.84. The van der Waals surface area contributed by atoms with Gasteiger partial charge in [-0.05, 0) is 23.7 Å². The number of hydrogen-bond donors (Lipinski definition) is 0. The van der Waals surface area contributed by atoms with Crippen LogP contribution < -0.4 is 0 Å². The SMILES string of the molecule is CC(C)(CCl)PC1CCCCC1. The quantitative estimate of drug-likeness (QED) is 0.484. The third-order valence-corrected chi connectivity index (χ3v) is 5.37. The van der Waals surface area contributed by atoms with Crippen molar-refractivity contribution in [3.05, 3.63) is 0 Å². The van der Waals surface area contributed by atoms with Crippen molar-refractivity contribution in [1.82, 2.24) is 0 Å². The summed E-state index contributed by atoms with van der Waals surface area (Å²) < 4.78 is 0. The lowest BCUT2D eigenvalue weighted by atomic mass is 10.0. The van der Waals surface area contributed by atoms with Crippen molar-refractivity contribution in [1.29, 1.82) is 0 Å². The van der Waals surface area contributed by atoms with Gasteiger partial charge in [0.2, 0.25) is 0 Å². The zero-order valence-corrected chi connectivity index (χ0v) is 9.95. The molecule has 1 unspecified atom stereocenters. The van der Waals surface area contributed by atoms with Crippen LogP contribution in [0.4, 0.5) is 0 Å². The Morgan fingerprint density at radius 3 is 2.33 bits per heavy atom.